The topological polar surface area (TPSA) is 29.5 Å². The molecule has 1 aromatic rings. The minimum atomic E-state index is -0.373. The van der Waals surface area contributed by atoms with Crippen LogP contribution in [0.25, 0.3) is 0 Å². The van der Waals surface area contributed by atoms with E-state index < -0.39 is 0 Å². The predicted molar refractivity (Wildman–Crippen MR) is 63.8 cm³/mol. The Hall–Kier alpha value is -1.61. The van der Waals surface area contributed by atoms with E-state index in [0.29, 0.717) is 5.57 Å². The highest BCUT2D eigenvalue weighted by atomic mass is 16.6. The molecule has 1 aromatic carbocycles. The molecule has 0 saturated carbocycles. The maximum absolute atomic E-state index is 11.5. The van der Waals surface area contributed by atoms with Crippen molar-refractivity contribution < 1.29 is 9.53 Å². The first-order chi connectivity index (χ1) is 7.52. The Bertz CT molecular complexity index is 371. The van der Waals surface area contributed by atoms with Crippen LogP contribution in [0.3, 0.4) is 0 Å². The largest absolute Gasteiger partial charge is 0.439 e. The lowest BCUT2D eigenvalue weighted by Gasteiger charge is -2.24. The van der Waals surface area contributed by atoms with E-state index >= 15 is 0 Å². The number of hydrogen-bond donors (Lipinski definition) is 0. The molecule has 3 heteroatoms. The number of rotatable bonds is 4. The Kier molecular flexibility index (Phi) is 4.26. The number of carbonyl (C=O) groups is 1. The van der Waals surface area contributed by atoms with Crippen LogP contribution in [0, 0.1) is 0 Å². The van der Waals surface area contributed by atoms with Crippen LogP contribution in [0.1, 0.15) is 18.7 Å². The summed E-state index contributed by atoms with van der Waals surface area (Å²) in [5, 5.41) is 0. The van der Waals surface area contributed by atoms with E-state index in [-0.39, 0.29) is 12.2 Å². The van der Waals surface area contributed by atoms with Crippen LogP contribution in [0.4, 0.5) is 0 Å². The zero-order valence-corrected chi connectivity index (χ0v) is 9.93. The molecule has 0 radical (unpaired) electrons. The summed E-state index contributed by atoms with van der Waals surface area (Å²) in [6, 6.07) is 9.62. The highest BCUT2D eigenvalue weighted by Gasteiger charge is 2.18. The van der Waals surface area contributed by atoms with Crippen molar-refractivity contribution in [1.82, 2.24) is 4.90 Å². The number of nitrogens with zero attached hydrogens (tertiary/aromatic N) is 1. The fourth-order valence-corrected chi connectivity index (χ4v) is 1.29. The van der Waals surface area contributed by atoms with Gasteiger partial charge in [-0.3, -0.25) is 4.90 Å². The normalized spacial score (nSPS) is 12.2. The van der Waals surface area contributed by atoms with Gasteiger partial charge in [-0.05, 0) is 21.0 Å². The van der Waals surface area contributed by atoms with E-state index in [2.05, 4.69) is 6.58 Å². The number of ether oxygens (including phenoxy) is 1. The number of hydrogen-bond acceptors (Lipinski definition) is 3. The van der Waals surface area contributed by atoms with Crippen molar-refractivity contribution in [2.45, 2.75) is 13.2 Å². The van der Waals surface area contributed by atoms with Crippen LogP contribution in [0.15, 0.2) is 42.5 Å². The van der Waals surface area contributed by atoms with Crippen molar-refractivity contribution in [3.05, 3.63) is 48.0 Å². The molecule has 0 aliphatic rings. The maximum Gasteiger partial charge on any atom is 0.334 e. The van der Waals surface area contributed by atoms with Gasteiger partial charge in [0.1, 0.15) is 0 Å². The molecule has 16 heavy (non-hydrogen) atoms. The van der Waals surface area contributed by atoms with E-state index in [1.165, 1.54) is 0 Å². The zero-order valence-electron chi connectivity index (χ0n) is 9.93. The monoisotopic (exact) mass is 219 g/mol. The average Bonchev–Trinajstić information content (AvgIpc) is 2.26. The lowest BCUT2D eigenvalue weighted by molar-refractivity contribution is -0.152. The van der Waals surface area contributed by atoms with Gasteiger partial charge in [0.05, 0.1) is 0 Å². The minimum absolute atomic E-state index is 0.370. The van der Waals surface area contributed by atoms with Crippen molar-refractivity contribution in [3.63, 3.8) is 0 Å². The summed E-state index contributed by atoms with van der Waals surface area (Å²) in [4.78, 5) is 13.3. The third-order valence-electron chi connectivity index (χ3n) is 2.12. The predicted octanol–water partition coefficient (Wildman–Crippen LogP) is 2.37. The molecule has 0 heterocycles. The van der Waals surface area contributed by atoms with Gasteiger partial charge in [0, 0.05) is 11.1 Å². The second-order valence-electron chi connectivity index (χ2n) is 3.91. The van der Waals surface area contributed by atoms with Gasteiger partial charge in [0.25, 0.3) is 0 Å². The summed E-state index contributed by atoms with van der Waals surface area (Å²) in [6.45, 7) is 5.21. The first-order valence-electron chi connectivity index (χ1n) is 5.10. The van der Waals surface area contributed by atoms with Gasteiger partial charge in [-0.1, -0.05) is 36.9 Å². The molecule has 0 fully saturated rings. The second-order valence-corrected chi connectivity index (χ2v) is 3.91. The molecule has 0 saturated heterocycles. The summed E-state index contributed by atoms with van der Waals surface area (Å²) >= 11 is 0. The molecule has 0 bridgehead atoms. The molecule has 0 N–H and O–H groups in total. The molecule has 0 spiro atoms. The second kappa shape index (κ2) is 5.47. The quantitative estimate of drug-likeness (QED) is 0.442. The van der Waals surface area contributed by atoms with Crippen LogP contribution in [0.2, 0.25) is 0 Å². The summed E-state index contributed by atoms with van der Waals surface area (Å²) in [5.41, 5.74) is 1.35. The maximum atomic E-state index is 11.5. The highest BCUT2D eigenvalue weighted by molar-refractivity contribution is 5.87. The third kappa shape index (κ3) is 3.21. The molecule has 1 rings (SSSR count). The third-order valence-corrected chi connectivity index (χ3v) is 2.12. The fourth-order valence-electron chi connectivity index (χ4n) is 1.29. The first kappa shape index (κ1) is 12.5. The molecule has 0 aliphatic heterocycles. The molecule has 1 atom stereocenters. The van der Waals surface area contributed by atoms with Gasteiger partial charge in [-0.25, -0.2) is 4.79 Å². The number of benzene rings is 1. The molecule has 0 aliphatic carbocycles. The molecule has 0 aromatic heterocycles. The standard InChI is InChI=1S/C13H17NO2/c1-10(2)13(15)16-12(14(3)4)11-8-6-5-7-9-11/h5-9,12H,1H2,2-4H3. The van der Waals surface area contributed by atoms with E-state index in [1.807, 2.05) is 49.3 Å². The molecule has 3 nitrogen and oxygen atoms in total. The van der Waals surface area contributed by atoms with E-state index in [0.717, 1.165) is 5.56 Å². The Morgan fingerprint density at radius 2 is 1.88 bits per heavy atom. The molecule has 86 valence electrons. The van der Waals surface area contributed by atoms with Crippen molar-refractivity contribution in [3.8, 4) is 0 Å². The van der Waals surface area contributed by atoms with Crippen LogP contribution < -0.4 is 0 Å². The van der Waals surface area contributed by atoms with Crippen LogP contribution in [0.5, 0.6) is 0 Å². The van der Waals surface area contributed by atoms with Gasteiger partial charge in [0.2, 0.25) is 0 Å². The smallest absolute Gasteiger partial charge is 0.334 e. The van der Waals surface area contributed by atoms with Gasteiger partial charge in [0.15, 0.2) is 6.23 Å². The SMILES string of the molecule is C=C(C)C(=O)OC(c1ccccc1)N(C)C. The molecular formula is C13H17NO2. The van der Waals surface area contributed by atoms with E-state index in [4.69, 9.17) is 4.74 Å². The highest BCUT2D eigenvalue weighted by Crippen LogP contribution is 2.20. The Morgan fingerprint density at radius 1 is 1.31 bits per heavy atom. The lowest BCUT2D eigenvalue weighted by atomic mass is 10.2. The van der Waals surface area contributed by atoms with Crippen LogP contribution in [-0.2, 0) is 9.53 Å². The molecule has 1 unspecified atom stereocenters. The Labute approximate surface area is 96.3 Å². The van der Waals surface area contributed by atoms with Crippen molar-refractivity contribution >= 4 is 5.97 Å². The number of esters is 1. The first-order valence-corrected chi connectivity index (χ1v) is 5.10. The Balaban J connectivity index is 2.85. The van der Waals surface area contributed by atoms with Gasteiger partial charge >= 0.3 is 5.97 Å². The summed E-state index contributed by atoms with van der Waals surface area (Å²) in [6.07, 6.45) is -0.370. The summed E-state index contributed by atoms with van der Waals surface area (Å²) < 4.78 is 5.35. The van der Waals surface area contributed by atoms with Crippen molar-refractivity contribution in [1.29, 1.82) is 0 Å². The van der Waals surface area contributed by atoms with Crippen LogP contribution >= 0.6 is 0 Å². The van der Waals surface area contributed by atoms with E-state index in [1.54, 1.807) is 6.92 Å². The average molecular weight is 219 g/mol. The fraction of sp³-hybridized carbons (Fsp3) is 0.308. The van der Waals surface area contributed by atoms with E-state index in [9.17, 15) is 4.79 Å². The number of carbonyl (C=O) groups excluding carboxylic acids is 1. The zero-order chi connectivity index (χ0) is 12.1. The molecular weight excluding hydrogens is 202 g/mol. The van der Waals surface area contributed by atoms with Gasteiger partial charge in [-0.15, -0.1) is 0 Å². The Morgan fingerprint density at radius 3 is 2.31 bits per heavy atom. The van der Waals surface area contributed by atoms with Crippen LogP contribution in [-0.4, -0.2) is 25.0 Å². The summed E-state index contributed by atoms with van der Waals surface area (Å²) in [7, 11) is 3.73. The lowest BCUT2D eigenvalue weighted by Crippen LogP contribution is -2.25. The van der Waals surface area contributed by atoms with Crippen molar-refractivity contribution in [2.75, 3.05) is 14.1 Å². The summed E-state index contributed by atoms with van der Waals surface area (Å²) in [5.74, 6) is -0.373. The van der Waals surface area contributed by atoms with Gasteiger partial charge in [-0.2, -0.15) is 0 Å². The minimum Gasteiger partial charge on any atom is -0.439 e. The van der Waals surface area contributed by atoms with Crippen molar-refractivity contribution in [2.24, 2.45) is 0 Å². The van der Waals surface area contributed by atoms with Gasteiger partial charge < -0.3 is 4.74 Å². The molecule has 0 amide bonds.